The molecule has 0 aromatic heterocycles. The number of Topliss-reactive ketones (excluding diaryl/α,β-unsaturated/α-hetero) is 1. The van der Waals surface area contributed by atoms with Crippen LogP contribution < -0.4 is 4.90 Å². The lowest BCUT2D eigenvalue weighted by Gasteiger charge is -2.35. The summed E-state index contributed by atoms with van der Waals surface area (Å²) in [7, 11) is -3.08. The fourth-order valence-electron chi connectivity index (χ4n) is 2.31. The Balaban J connectivity index is 2.02. The zero-order valence-electron chi connectivity index (χ0n) is 11.9. The Labute approximate surface area is 120 Å². The number of rotatable bonds is 4. The van der Waals surface area contributed by atoms with E-state index >= 15 is 0 Å². The molecule has 0 saturated carbocycles. The first-order valence-electron chi connectivity index (χ1n) is 6.78. The van der Waals surface area contributed by atoms with Gasteiger partial charge in [-0.1, -0.05) is 0 Å². The highest BCUT2D eigenvalue weighted by molar-refractivity contribution is 7.89. The van der Waals surface area contributed by atoms with E-state index in [1.54, 1.807) is 18.2 Å². The number of carbonyl (C=O) groups excluding carboxylic acids is 1. The van der Waals surface area contributed by atoms with Crippen molar-refractivity contribution in [2.24, 2.45) is 0 Å². The summed E-state index contributed by atoms with van der Waals surface area (Å²) in [6.07, 6.45) is 0. The Morgan fingerprint density at radius 3 is 2.10 bits per heavy atom. The lowest BCUT2D eigenvalue weighted by molar-refractivity contribution is 0.101. The Kier molecular flexibility index (Phi) is 4.45. The van der Waals surface area contributed by atoms with Crippen LogP contribution in [0.15, 0.2) is 24.3 Å². The van der Waals surface area contributed by atoms with E-state index in [2.05, 4.69) is 4.90 Å². The molecule has 1 heterocycles. The molecule has 2 rings (SSSR count). The minimum absolute atomic E-state index is 0.0513. The van der Waals surface area contributed by atoms with Gasteiger partial charge in [0.25, 0.3) is 0 Å². The van der Waals surface area contributed by atoms with Crippen LogP contribution in [0.25, 0.3) is 0 Å². The number of hydrogen-bond acceptors (Lipinski definition) is 4. The van der Waals surface area contributed by atoms with Gasteiger partial charge in [-0.2, -0.15) is 4.31 Å². The molecule has 1 aromatic carbocycles. The van der Waals surface area contributed by atoms with Gasteiger partial charge in [0.15, 0.2) is 5.78 Å². The molecule has 0 radical (unpaired) electrons. The molecule has 0 unspecified atom stereocenters. The van der Waals surface area contributed by atoms with E-state index in [4.69, 9.17) is 0 Å². The van der Waals surface area contributed by atoms with E-state index in [0.717, 1.165) is 5.69 Å². The number of benzene rings is 1. The van der Waals surface area contributed by atoms with Crippen molar-refractivity contribution in [3.63, 3.8) is 0 Å². The Hall–Kier alpha value is -1.40. The van der Waals surface area contributed by atoms with Gasteiger partial charge in [0.1, 0.15) is 0 Å². The largest absolute Gasteiger partial charge is 0.369 e. The first-order chi connectivity index (χ1) is 9.44. The number of ketones is 1. The molecule has 1 aromatic rings. The topological polar surface area (TPSA) is 57.7 Å². The third kappa shape index (κ3) is 3.19. The summed E-state index contributed by atoms with van der Waals surface area (Å²) in [6, 6.07) is 7.46. The van der Waals surface area contributed by atoms with E-state index in [1.807, 2.05) is 24.3 Å². The lowest BCUT2D eigenvalue weighted by Crippen LogP contribution is -2.49. The molecular formula is C14H20N2O3S. The van der Waals surface area contributed by atoms with Crippen LogP contribution in [0.3, 0.4) is 0 Å². The summed E-state index contributed by atoms with van der Waals surface area (Å²) in [5, 5.41) is 0. The molecule has 1 fully saturated rings. The molecule has 1 saturated heterocycles. The highest BCUT2D eigenvalue weighted by Crippen LogP contribution is 2.18. The molecule has 0 N–H and O–H groups in total. The van der Waals surface area contributed by atoms with Crippen LogP contribution in [0.4, 0.5) is 5.69 Å². The van der Waals surface area contributed by atoms with E-state index in [0.29, 0.717) is 31.7 Å². The van der Waals surface area contributed by atoms with Crippen molar-refractivity contribution in [2.75, 3.05) is 36.8 Å². The molecule has 0 aliphatic carbocycles. The Bertz CT molecular complexity index is 573. The van der Waals surface area contributed by atoms with Gasteiger partial charge in [-0.3, -0.25) is 4.79 Å². The first kappa shape index (κ1) is 15.0. The zero-order valence-corrected chi connectivity index (χ0v) is 12.7. The molecule has 0 bridgehead atoms. The van der Waals surface area contributed by atoms with Gasteiger partial charge in [-0.25, -0.2) is 8.42 Å². The second kappa shape index (κ2) is 5.93. The predicted octanol–water partition coefficient (Wildman–Crippen LogP) is 1.36. The van der Waals surface area contributed by atoms with Crippen molar-refractivity contribution in [2.45, 2.75) is 13.8 Å². The Morgan fingerprint density at radius 1 is 1.10 bits per heavy atom. The van der Waals surface area contributed by atoms with Gasteiger partial charge in [-0.15, -0.1) is 0 Å². The second-order valence-electron chi connectivity index (χ2n) is 4.89. The minimum Gasteiger partial charge on any atom is -0.369 e. The van der Waals surface area contributed by atoms with Gasteiger partial charge >= 0.3 is 0 Å². The summed E-state index contributed by atoms with van der Waals surface area (Å²) in [5.74, 6) is 0.204. The standard InChI is InChI=1S/C14H20N2O3S/c1-3-20(18,19)16-10-8-15(9-11-16)14-6-4-13(5-7-14)12(2)17/h4-7H,3,8-11H2,1-2H3. The molecule has 110 valence electrons. The van der Waals surface area contributed by atoms with Crippen LogP contribution in [0, 0.1) is 0 Å². The van der Waals surface area contributed by atoms with Crippen LogP contribution in [0.1, 0.15) is 24.2 Å². The van der Waals surface area contributed by atoms with Crippen LogP contribution in [0.5, 0.6) is 0 Å². The first-order valence-corrected chi connectivity index (χ1v) is 8.38. The molecule has 6 heteroatoms. The SMILES string of the molecule is CCS(=O)(=O)N1CCN(c2ccc(C(C)=O)cc2)CC1. The quantitative estimate of drug-likeness (QED) is 0.787. The van der Waals surface area contributed by atoms with Gasteiger partial charge < -0.3 is 4.90 Å². The second-order valence-corrected chi connectivity index (χ2v) is 7.15. The molecule has 0 spiro atoms. The van der Waals surface area contributed by atoms with Crippen molar-refractivity contribution in [3.8, 4) is 0 Å². The maximum atomic E-state index is 11.8. The molecular weight excluding hydrogens is 276 g/mol. The average Bonchev–Trinajstić information content (AvgIpc) is 2.47. The summed E-state index contributed by atoms with van der Waals surface area (Å²) < 4.78 is 25.1. The van der Waals surface area contributed by atoms with E-state index < -0.39 is 10.0 Å². The Morgan fingerprint density at radius 2 is 1.65 bits per heavy atom. The molecule has 1 aliphatic rings. The number of nitrogens with zero attached hydrogens (tertiary/aromatic N) is 2. The fraction of sp³-hybridized carbons (Fsp3) is 0.500. The minimum atomic E-state index is -3.08. The van der Waals surface area contributed by atoms with Crippen molar-refractivity contribution < 1.29 is 13.2 Å². The van der Waals surface area contributed by atoms with Crippen molar-refractivity contribution in [3.05, 3.63) is 29.8 Å². The monoisotopic (exact) mass is 296 g/mol. The third-order valence-electron chi connectivity index (χ3n) is 3.64. The van der Waals surface area contributed by atoms with E-state index in [1.165, 1.54) is 0 Å². The van der Waals surface area contributed by atoms with Gasteiger partial charge in [-0.05, 0) is 38.1 Å². The molecule has 1 aliphatic heterocycles. The average molecular weight is 296 g/mol. The van der Waals surface area contributed by atoms with Crippen LogP contribution >= 0.6 is 0 Å². The predicted molar refractivity (Wildman–Crippen MR) is 79.7 cm³/mol. The smallest absolute Gasteiger partial charge is 0.213 e. The summed E-state index contributed by atoms with van der Waals surface area (Å²) in [4.78, 5) is 13.4. The number of carbonyl (C=O) groups is 1. The van der Waals surface area contributed by atoms with Crippen molar-refractivity contribution in [1.82, 2.24) is 4.31 Å². The number of hydrogen-bond donors (Lipinski definition) is 0. The van der Waals surface area contributed by atoms with Crippen LogP contribution in [-0.4, -0.2) is 50.4 Å². The third-order valence-corrected chi connectivity index (χ3v) is 5.52. The maximum absolute atomic E-state index is 11.8. The fourth-order valence-corrected chi connectivity index (χ4v) is 3.40. The zero-order chi connectivity index (χ0) is 14.8. The summed E-state index contributed by atoms with van der Waals surface area (Å²) >= 11 is 0. The summed E-state index contributed by atoms with van der Waals surface area (Å²) in [6.45, 7) is 5.61. The number of anilines is 1. The molecule has 5 nitrogen and oxygen atoms in total. The normalized spacial score (nSPS) is 17.2. The van der Waals surface area contributed by atoms with Crippen molar-refractivity contribution >= 4 is 21.5 Å². The molecule has 0 amide bonds. The lowest BCUT2D eigenvalue weighted by atomic mass is 10.1. The molecule has 0 atom stereocenters. The summed E-state index contributed by atoms with van der Waals surface area (Å²) in [5.41, 5.74) is 1.73. The van der Waals surface area contributed by atoms with Gasteiger partial charge in [0.05, 0.1) is 5.75 Å². The highest BCUT2D eigenvalue weighted by atomic mass is 32.2. The van der Waals surface area contributed by atoms with E-state index in [-0.39, 0.29) is 11.5 Å². The van der Waals surface area contributed by atoms with Crippen LogP contribution in [0.2, 0.25) is 0 Å². The van der Waals surface area contributed by atoms with Crippen LogP contribution in [-0.2, 0) is 10.0 Å². The van der Waals surface area contributed by atoms with Crippen molar-refractivity contribution in [1.29, 1.82) is 0 Å². The van der Waals surface area contributed by atoms with E-state index in [9.17, 15) is 13.2 Å². The van der Waals surface area contributed by atoms with Gasteiger partial charge in [0.2, 0.25) is 10.0 Å². The number of sulfonamides is 1. The van der Waals surface area contributed by atoms with Gasteiger partial charge in [0, 0.05) is 37.4 Å². The molecule has 20 heavy (non-hydrogen) atoms. The highest BCUT2D eigenvalue weighted by Gasteiger charge is 2.25. The number of piperazine rings is 1. The maximum Gasteiger partial charge on any atom is 0.213 e.